The highest BCUT2D eigenvalue weighted by Crippen LogP contribution is 2.21. The van der Waals surface area contributed by atoms with Crippen LogP contribution in [0.1, 0.15) is 26.7 Å². The van der Waals surface area contributed by atoms with E-state index in [0.717, 1.165) is 39.0 Å². The van der Waals surface area contributed by atoms with Crippen LogP contribution in [0, 0.1) is 0 Å². The van der Waals surface area contributed by atoms with E-state index in [4.69, 9.17) is 13.9 Å². The van der Waals surface area contributed by atoms with Crippen LogP contribution < -0.4 is 0 Å². The molecule has 1 rings (SSSR count). The van der Waals surface area contributed by atoms with Crippen molar-refractivity contribution in [1.29, 1.82) is 0 Å². The molecule has 0 aromatic heterocycles. The van der Waals surface area contributed by atoms with Gasteiger partial charge in [0.15, 0.2) is 0 Å². The van der Waals surface area contributed by atoms with Crippen molar-refractivity contribution in [3.05, 3.63) is 0 Å². The van der Waals surface area contributed by atoms with E-state index in [1.54, 1.807) is 0 Å². The van der Waals surface area contributed by atoms with Gasteiger partial charge in [-0.2, -0.15) is 0 Å². The molecule has 1 heterocycles. The van der Waals surface area contributed by atoms with Gasteiger partial charge >= 0.3 is 0 Å². The lowest BCUT2D eigenvalue weighted by molar-refractivity contribution is -0.0499. The van der Waals surface area contributed by atoms with Crippen molar-refractivity contribution >= 4 is 17.1 Å². The molecule has 0 N–H and O–H groups in total. The molecule has 1 saturated heterocycles. The Hall–Kier alpha value is 0.274. The summed E-state index contributed by atoms with van der Waals surface area (Å²) < 4.78 is 18.2. The zero-order valence-corrected chi connectivity index (χ0v) is 17.0. The lowest BCUT2D eigenvalue weighted by atomic mass is 10.3. The number of hydrogen-bond acceptors (Lipinski definition) is 4. The monoisotopic (exact) mass is 333 g/mol. The Kier molecular flexibility index (Phi) is 8.67. The minimum absolute atomic E-state index is 0.216. The first-order chi connectivity index (χ1) is 9.89. The number of hydrogen-bond donors (Lipinski definition) is 0. The summed E-state index contributed by atoms with van der Waals surface area (Å²) in [7, 11) is -2.50. The summed E-state index contributed by atoms with van der Waals surface area (Å²) in [6.07, 6.45) is 3.61. The van der Waals surface area contributed by atoms with E-state index in [1.165, 1.54) is 6.42 Å². The second-order valence-electron chi connectivity index (χ2n) is 6.95. The Labute approximate surface area is 133 Å². The van der Waals surface area contributed by atoms with Crippen molar-refractivity contribution in [1.82, 2.24) is 4.90 Å². The highest BCUT2D eigenvalue weighted by Gasteiger charge is 2.39. The molecule has 6 heteroatoms. The van der Waals surface area contributed by atoms with Crippen molar-refractivity contribution in [3.63, 3.8) is 0 Å². The van der Waals surface area contributed by atoms with Crippen molar-refractivity contribution in [2.24, 2.45) is 0 Å². The average Bonchev–Trinajstić information content (AvgIpc) is 2.39. The van der Waals surface area contributed by atoms with E-state index in [9.17, 15) is 0 Å². The Morgan fingerprint density at radius 2 is 2.05 bits per heavy atom. The van der Waals surface area contributed by atoms with Crippen LogP contribution in [0.5, 0.6) is 0 Å². The largest absolute Gasteiger partial charge is 0.410 e. The van der Waals surface area contributed by atoms with Crippen LogP contribution in [0.2, 0.25) is 26.2 Å². The number of nitrogens with zero attached hydrogens (tertiary/aromatic N) is 1. The van der Waals surface area contributed by atoms with E-state index >= 15 is 0 Å². The van der Waals surface area contributed by atoms with Gasteiger partial charge in [0.1, 0.15) is 0 Å². The van der Waals surface area contributed by atoms with E-state index < -0.39 is 17.1 Å². The maximum atomic E-state index is 6.32. The summed E-state index contributed by atoms with van der Waals surface area (Å²) >= 11 is 0. The standard InChI is InChI=1S/C15H35NO3Si2/c1-7-9-10-17-12-14-11-16(13-21(5,6)19-14)15(18-8-2)20(3)4/h14-15,20H,7-13H2,1-6H3. The first-order valence-electron chi connectivity index (χ1n) is 8.50. The zero-order chi connectivity index (χ0) is 15.9. The fourth-order valence-corrected chi connectivity index (χ4v) is 7.24. The molecule has 0 bridgehead atoms. The molecule has 2 unspecified atom stereocenters. The number of unbranched alkanes of at least 4 members (excludes halogenated alkanes) is 1. The SMILES string of the molecule is CCCCOCC1CN(C(OCC)[SiH](C)C)C[Si](C)(C)O1. The lowest BCUT2D eigenvalue weighted by Gasteiger charge is -2.45. The van der Waals surface area contributed by atoms with Crippen LogP contribution in [-0.2, 0) is 13.9 Å². The summed E-state index contributed by atoms with van der Waals surface area (Å²) in [6, 6.07) is 0. The molecule has 0 aromatic rings. The van der Waals surface area contributed by atoms with Gasteiger partial charge in [-0.3, -0.25) is 4.90 Å². The molecule has 2 atom stereocenters. The normalized spacial score (nSPS) is 24.4. The Balaban J connectivity index is 2.59. The highest BCUT2D eigenvalue weighted by atomic mass is 28.4. The Morgan fingerprint density at radius 3 is 2.62 bits per heavy atom. The molecule has 1 aliphatic rings. The smallest absolute Gasteiger partial charge is 0.201 e. The predicted octanol–water partition coefficient (Wildman–Crippen LogP) is 2.64. The second kappa shape index (κ2) is 9.42. The molecule has 21 heavy (non-hydrogen) atoms. The molecule has 126 valence electrons. The highest BCUT2D eigenvalue weighted by molar-refractivity contribution is 6.71. The van der Waals surface area contributed by atoms with Gasteiger partial charge in [-0.1, -0.05) is 26.4 Å². The molecule has 0 aliphatic carbocycles. The molecule has 1 aliphatic heterocycles. The Morgan fingerprint density at radius 1 is 1.33 bits per heavy atom. The fraction of sp³-hybridized carbons (Fsp3) is 1.00. The third kappa shape index (κ3) is 6.92. The van der Waals surface area contributed by atoms with Crippen LogP contribution >= 0.6 is 0 Å². The summed E-state index contributed by atoms with van der Waals surface area (Å²) in [4.78, 5) is 2.55. The minimum Gasteiger partial charge on any atom is -0.410 e. The zero-order valence-electron chi connectivity index (χ0n) is 14.9. The van der Waals surface area contributed by atoms with Crippen molar-refractivity contribution in [3.8, 4) is 0 Å². The summed E-state index contributed by atoms with van der Waals surface area (Å²) in [6.45, 7) is 17.0. The molecule has 0 saturated carbocycles. The second-order valence-corrected chi connectivity index (χ2v) is 14.1. The van der Waals surface area contributed by atoms with Crippen molar-refractivity contribution in [2.75, 3.05) is 32.5 Å². The third-order valence-electron chi connectivity index (χ3n) is 3.72. The topological polar surface area (TPSA) is 30.9 Å². The number of rotatable bonds is 9. The van der Waals surface area contributed by atoms with Crippen molar-refractivity contribution in [2.45, 2.75) is 64.8 Å². The minimum atomic E-state index is -1.63. The van der Waals surface area contributed by atoms with Crippen LogP contribution in [0.3, 0.4) is 0 Å². The van der Waals surface area contributed by atoms with Crippen LogP contribution in [0.4, 0.5) is 0 Å². The molecule has 0 spiro atoms. The molecular weight excluding hydrogens is 298 g/mol. The quantitative estimate of drug-likeness (QED) is 0.479. The van der Waals surface area contributed by atoms with Gasteiger partial charge in [0.2, 0.25) is 8.32 Å². The molecular formula is C15H35NO3Si2. The average molecular weight is 334 g/mol. The summed E-state index contributed by atoms with van der Waals surface area (Å²) in [5.41, 5.74) is 0. The molecule has 4 nitrogen and oxygen atoms in total. The summed E-state index contributed by atoms with van der Waals surface area (Å²) in [5, 5.41) is 0. The van der Waals surface area contributed by atoms with Crippen molar-refractivity contribution < 1.29 is 13.9 Å². The van der Waals surface area contributed by atoms with Gasteiger partial charge in [-0.25, -0.2) is 0 Å². The van der Waals surface area contributed by atoms with Crippen LogP contribution in [0.15, 0.2) is 0 Å². The third-order valence-corrected chi connectivity index (χ3v) is 7.62. The van der Waals surface area contributed by atoms with Gasteiger partial charge in [-0.05, 0) is 26.4 Å². The Bertz CT molecular complexity index is 290. The van der Waals surface area contributed by atoms with Crippen LogP contribution in [-0.4, -0.2) is 66.5 Å². The van der Waals surface area contributed by atoms with Gasteiger partial charge in [0, 0.05) is 25.9 Å². The van der Waals surface area contributed by atoms with Crippen LogP contribution in [0.25, 0.3) is 0 Å². The molecule has 1 fully saturated rings. The van der Waals surface area contributed by atoms with Gasteiger partial charge in [0.25, 0.3) is 0 Å². The first-order valence-corrected chi connectivity index (χ1v) is 14.6. The van der Waals surface area contributed by atoms with E-state index in [0.29, 0.717) is 5.85 Å². The molecule has 0 amide bonds. The van der Waals surface area contributed by atoms with E-state index in [2.05, 4.69) is 44.9 Å². The summed E-state index contributed by atoms with van der Waals surface area (Å²) in [5.74, 6) is 0.337. The van der Waals surface area contributed by atoms with E-state index in [-0.39, 0.29) is 6.10 Å². The van der Waals surface area contributed by atoms with Gasteiger partial charge in [0.05, 0.1) is 27.4 Å². The van der Waals surface area contributed by atoms with Gasteiger partial charge in [-0.15, -0.1) is 0 Å². The predicted molar refractivity (Wildman–Crippen MR) is 93.9 cm³/mol. The van der Waals surface area contributed by atoms with E-state index in [1.807, 2.05) is 0 Å². The molecule has 0 aromatic carbocycles. The first kappa shape index (κ1) is 19.3. The lowest BCUT2D eigenvalue weighted by Crippen LogP contribution is -2.62. The number of ether oxygens (including phenoxy) is 2. The maximum Gasteiger partial charge on any atom is 0.201 e. The fourth-order valence-electron chi connectivity index (χ4n) is 2.97. The van der Waals surface area contributed by atoms with Gasteiger partial charge < -0.3 is 13.9 Å². The molecule has 0 radical (unpaired) electrons. The maximum absolute atomic E-state index is 6.32.